The van der Waals surface area contributed by atoms with Crippen molar-refractivity contribution >= 4 is 5.82 Å². The number of aliphatic hydroxyl groups excluding tert-OH is 1. The van der Waals surface area contributed by atoms with Crippen LogP contribution in [-0.4, -0.2) is 16.6 Å². The molecule has 4 heteroatoms. The van der Waals surface area contributed by atoms with E-state index in [1.165, 1.54) is 5.56 Å². The third-order valence-corrected chi connectivity index (χ3v) is 2.23. The lowest BCUT2D eigenvalue weighted by Crippen LogP contribution is -2.08. The van der Waals surface area contributed by atoms with Crippen molar-refractivity contribution in [1.29, 1.82) is 0 Å². The van der Waals surface area contributed by atoms with Gasteiger partial charge in [-0.1, -0.05) is 0 Å². The molecule has 0 amide bonds. The number of anilines is 1. The second-order valence-electron chi connectivity index (χ2n) is 3.16. The van der Waals surface area contributed by atoms with Gasteiger partial charge in [0.1, 0.15) is 11.6 Å². The van der Waals surface area contributed by atoms with Crippen molar-refractivity contribution in [2.24, 2.45) is 5.73 Å². The number of allylic oxidation sites excluding steroid dienone is 1. The zero-order chi connectivity index (χ0) is 9.26. The summed E-state index contributed by atoms with van der Waals surface area (Å²) in [5.74, 6) is 1.34. The summed E-state index contributed by atoms with van der Waals surface area (Å²) in [6.45, 7) is 0.634. The number of aliphatic hydroxyl groups is 1. The second-order valence-corrected chi connectivity index (χ2v) is 3.16. The molecule has 0 aromatic carbocycles. The van der Waals surface area contributed by atoms with Crippen molar-refractivity contribution in [3.63, 3.8) is 0 Å². The van der Waals surface area contributed by atoms with Gasteiger partial charge in [-0.15, -0.1) is 0 Å². The van der Waals surface area contributed by atoms with E-state index in [2.05, 4.69) is 10.3 Å². The first kappa shape index (κ1) is 8.19. The Balaban J connectivity index is 2.29. The summed E-state index contributed by atoms with van der Waals surface area (Å²) in [7, 11) is 0. The van der Waals surface area contributed by atoms with E-state index in [-0.39, 0.29) is 0 Å². The van der Waals surface area contributed by atoms with Crippen LogP contribution >= 0.6 is 0 Å². The van der Waals surface area contributed by atoms with Crippen LogP contribution in [-0.2, 0) is 12.8 Å². The van der Waals surface area contributed by atoms with Gasteiger partial charge in [-0.25, -0.2) is 0 Å². The molecule has 1 aromatic heterocycles. The molecule has 4 nitrogen and oxygen atoms in total. The van der Waals surface area contributed by atoms with E-state index in [9.17, 15) is 5.11 Å². The van der Waals surface area contributed by atoms with E-state index < -0.39 is 0 Å². The van der Waals surface area contributed by atoms with Gasteiger partial charge in [0.25, 0.3) is 0 Å². The maximum atomic E-state index is 9.32. The van der Waals surface area contributed by atoms with Crippen LogP contribution < -0.4 is 11.1 Å². The van der Waals surface area contributed by atoms with Gasteiger partial charge in [0, 0.05) is 24.4 Å². The van der Waals surface area contributed by atoms with Gasteiger partial charge < -0.3 is 21.1 Å². The van der Waals surface area contributed by atoms with Crippen LogP contribution in [0.25, 0.3) is 0 Å². The lowest BCUT2D eigenvalue weighted by atomic mass is 10.0. The minimum absolute atomic E-state index is 0.366. The molecule has 2 rings (SSSR count). The summed E-state index contributed by atoms with van der Waals surface area (Å²) in [6, 6.07) is 0. The zero-order valence-corrected chi connectivity index (χ0v) is 7.30. The highest BCUT2D eigenvalue weighted by atomic mass is 16.3. The predicted octanol–water partition coefficient (Wildman–Crippen LogP) is 0.883. The second kappa shape index (κ2) is 3.14. The van der Waals surface area contributed by atoms with Crippen LogP contribution in [0.4, 0.5) is 5.82 Å². The van der Waals surface area contributed by atoms with Crippen LogP contribution in [0, 0.1) is 0 Å². The van der Waals surface area contributed by atoms with E-state index in [1.807, 2.05) is 6.20 Å². The Morgan fingerprint density at radius 2 is 2.38 bits per heavy atom. The van der Waals surface area contributed by atoms with Crippen molar-refractivity contribution in [3.8, 4) is 0 Å². The monoisotopic (exact) mass is 179 g/mol. The maximum absolute atomic E-state index is 9.32. The molecule has 5 N–H and O–H groups in total. The van der Waals surface area contributed by atoms with E-state index >= 15 is 0 Å². The normalized spacial score (nSPS) is 14.7. The molecule has 1 aromatic rings. The molecule has 0 saturated carbocycles. The van der Waals surface area contributed by atoms with E-state index in [0.29, 0.717) is 18.7 Å². The minimum Gasteiger partial charge on any atom is -0.510 e. The van der Waals surface area contributed by atoms with Gasteiger partial charge >= 0.3 is 0 Å². The molecule has 0 radical (unpaired) electrons. The fourth-order valence-corrected chi connectivity index (χ4v) is 1.59. The summed E-state index contributed by atoms with van der Waals surface area (Å²) in [5.41, 5.74) is 7.79. The Labute approximate surface area is 76.5 Å². The van der Waals surface area contributed by atoms with E-state index in [0.717, 1.165) is 17.8 Å². The number of hydrogen-bond acceptors (Lipinski definition) is 3. The number of nitrogens with two attached hydrogens (primary N) is 1. The summed E-state index contributed by atoms with van der Waals surface area (Å²) < 4.78 is 0. The fraction of sp³-hybridized carbons (Fsp3) is 0.333. The first-order valence-corrected chi connectivity index (χ1v) is 4.35. The summed E-state index contributed by atoms with van der Waals surface area (Å²) in [6.07, 6.45) is 4.99. The standard InChI is InChI=1S/C9H13N3O/c10-2-1-6-4-11-9-8(6)3-7(13)5-12-9/h4-5,11-13H,1-3,10H2. The Bertz CT molecular complexity index is 341. The van der Waals surface area contributed by atoms with Crippen molar-refractivity contribution < 1.29 is 5.11 Å². The smallest absolute Gasteiger partial charge is 0.113 e. The molecule has 0 spiro atoms. The molecule has 2 heterocycles. The molecule has 0 atom stereocenters. The average molecular weight is 179 g/mol. The van der Waals surface area contributed by atoms with E-state index in [4.69, 9.17) is 5.73 Å². The van der Waals surface area contributed by atoms with Gasteiger partial charge in [0.15, 0.2) is 0 Å². The molecule has 70 valence electrons. The van der Waals surface area contributed by atoms with Crippen LogP contribution in [0.15, 0.2) is 18.2 Å². The first-order chi connectivity index (χ1) is 6.31. The highest BCUT2D eigenvalue weighted by Crippen LogP contribution is 2.25. The predicted molar refractivity (Wildman–Crippen MR) is 51.6 cm³/mol. The molecule has 1 aliphatic heterocycles. The quantitative estimate of drug-likeness (QED) is 0.544. The van der Waals surface area contributed by atoms with Gasteiger partial charge in [-0.05, 0) is 18.5 Å². The van der Waals surface area contributed by atoms with Crippen molar-refractivity contribution in [2.75, 3.05) is 11.9 Å². The topological polar surface area (TPSA) is 74.1 Å². The number of nitrogens with one attached hydrogen (secondary N) is 2. The van der Waals surface area contributed by atoms with Gasteiger partial charge in [-0.3, -0.25) is 0 Å². The highest BCUT2D eigenvalue weighted by molar-refractivity contribution is 5.55. The molecular weight excluding hydrogens is 166 g/mol. The molecule has 0 aliphatic carbocycles. The fourth-order valence-electron chi connectivity index (χ4n) is 1.59. The highest BCUT2D eigenvalue weighted by Gasteiger charge is 2.15. The largest absolute Gasteiger partial charge is 0.510 e. The zero-order valence-electron chi connectivity index (χ0n) is 7.30. The number of fused-ring (bicyclic) bond motifs is 1. The third kappa shape index (κ3) is 1.40. The number of aromatic amines is 1. The Kier molecular flexibility index (Phi) is 1.98. The summed E-state index contributed by atoms with van der Waals surface area (Å²) in [4.78, 5) is 3.11. The molecular formula is C9H13N3O. The van der Waals surface area contributed by atoms with Crippen LogP contribution in [0.1, 0.15) is 11.1 Å². The average Bonchev–Trinajstić information content (AvgIpc) is 2.49. The third-order valence-electron chi connectivity index (χ3n) is 2.23. The molecule has 13 heavy (non-hydrogen) atoms. The maximum Gasteiger partial charge on any atom is 0.113 e. The Hall–Kier alpha value is -1.42. The Morgan fingerprint density at radius 3 is 3.15 bits per heavy atom. The van der Waals surface area contributed by atoms with E-state index in [1.54, 1.807) is 6.20 Å². The minimum atomic E-state index is 0.366. The number of hydrogen-bond donors (Lipinski definition) is 4. The molecule has 0 fully saturated rings. The van der Waals surface area contributed by atoms with Crippen LogP contribution in [0.3, 0.4) is 0 Å². The number of H-pyrrole nitrogens is 1. The Morgan fingerprint density at radius 1 is 1.54 bits per heavy atom. The summed E-state index contributed by atoms with van der Waals surface area (Å²) >= 11 is 0. The molecule has 0 bridgehead atoms. The van der Waals surface area contributed by atoms with Gasteiger partial charge in [-0.2, -0.15) is 0 Å². The molecule has 0 unspecified atom stereocenters. The van der Waals surface area contributed by atoms with Crippen LogP contribution in [0.2, 0.25) is 0 Å². The molecule has 0 saturated heterocycles. The number of rotatable bonds is 2. The lowest BCUT2D eigenvalue weighted by molar-refractivity contribution is 0.396. The SMILES string of the molecule is NCCc1c[nH]c2c1CC(O)=CN2. The lowest BCUT2D eigenvalue weighted by Gasteiger charge is -2.11. The number of aromatic nitrogens is 1. The van der Waals surface area contributed by atoms with Crippen molar-refractivity contribution in [3.05, 3.63) is 29.3 Å². The van der Waals surface area contributed by atoms with Gasteiger partial charge in [0.05, 0.1) is 0 Å². The van der Waals surface area contributed by atoms with Gasteiger partial charge in [0.2, 0.25) is 0 Å². The summed E-state index contributed by atoms with van der Waals surface area (Å²) in [5, 5.41) is 12.3. The van der Waals surface area contributed by atoms with Crippen LogP contribution in [0.5, 0.6) is 0 Å². The first-order valence-electron chi connectivity index (χ1n) is 4.35. The van der Waals surface area contributed by atoms with Crippen molar-refractivity contribution in [1.82, 2.24) is 4.98 Å². The van der Waals surface area contributed by atoms with Crippen molar-refractivity contribution in [2.45, 2.75) is 12.8 Å². The molecule has 1 aliphatic rings.